The summed E-state index contributed by atoms with van der Waals surface area (Å²) < 4.78 is 5.91. The molecule has 1 aromatic heterocycles. The van der Waals surface area contributed by atoms with Crippen molar-refractivity contribution in [2.24, 2.45) is 0 Å². The Bertz CT molecular complexity index is 1310. The van der Waals surface area contributed by atoms with Gasteiger partial charge in [-0.25, -0.2) is 0 Å². The number of aryl methyl sites for hydroxylation is 1. The molecule has 35 heavy (non-hydrogen) atoms. The van der Waals surface area contributed by atoms with Gasteiger partial charge in [0.15, 0.2) is 0 Å². The maximum absolute atomic E-state index is 13.2. The van der Waals surface area contributed by atoms with Crippen LogP contribution < -0.4 is 4.90 Å². The molecule has 3 aromatic carbocycles. The molecule has 0 bridgehead atoms. The van der Waals surface area contributed by atoms with Gasteiger partial charge in [-0.1, -0.05) is 36.4 Å². The zero-order valence-electron chi connectivity index (χ0n) is 20.3. The second-order valence-corrected chi connectivity index (χ2v) is 9.14. The van der Waals surface area contributed by atoms with Crippen LogP contribution in [0.2, 0.25) is 0 Å². The molecule has 1 saturated heterocycles. The van der Waals surface area contributed by atoms with E-state index in [9.17, 15) is 4.79 Å². The highest BCUT2D eigenvalue weighted by Crippen LogP contribution is 2.27. The van der Waals surface area contributed by atoms with Crippen molar-refractivity contribution in [1.29, 1.82) is 0 Å². The predicted octanol–water partition coefficient (Wildman–Crippen LogP) is 5.97. The molecule has 1 aliphatic heterocycles. The zero-order chi connectivity index (χ0) is 24.2. The highest BCUT2D eigenvalue weighted by molar-refractivity contribution is 5.94. The Kier molecular flexibility index (Phi) is 6.62. The van der Waals surface area contributed by atoms with Crippen molar-refractivity contribution in [3.05, 3.63) is 89.5 Å². The highest BCUT2D eigenvalue weighted by Gasteiger charge is 2.18. The number of aromatic nitrogens is 2. The minimum Gasteiger partial charge on any atom is -0.416 e. The number of carbonyl (C=O) groups excluding carboxylic acids is 1. The Hall–Kier alpha value is -3.93. The van der Waals surface area contributed by atoms with E-state index in [2.05, 4.69) is 33.3 Å². The number of anilines is 1. The first-order valence-corrected chi connectivity index (χ1v) is 12.2. The van der Waals surface area contributed by atoms with Crippen molar-refractivity contribution in [2.45, 2.75) is 32.7 Å². The Morgan fingerprint density at radius 1 is 0.886 bits per heavy atom. The lowest BCUT2D eigenvalue weighted by atomic mass is 10.1. The normalized spacial score (nSPS) is 13.6. The van der Waals surface area contributed by atoms with Crippen molar-refractivity contribution in [1.82, 2.24) is 15.1 Å². The van der Waals surface area contributed by atoms with Crippen LogP contribution in [0.4, 0.5) is 5.69 Å². The third kappa shape index (κ3) is 4.97. The van der Waals surface area contributed by atoms with Crippen LogP contribution in [0.3, 0.4) is 0 Å². The number of piperidine rings is 1. The van der Waals surface area contributed by atoms with Gasteiger partial charge in [0.05, 0.1) is 0 Å². The van der Waals surface area contributed by atoms with E-state index in [-0.39, 0.29) is 5.91 Å². The van der Waals surface area contributed by atoms with Crippen LogP contribution in [0, 0.1) is 6.92 Å². The van der Waals surface area contributed by atoms with E-state index in [1.807, 2.05) is 68.6 Å². The molecule has 0 aliphatic carbocycles. The molecule has 0 unspecified atom stereocenters. The average molecular weight is 467 g/mol. The smallest absolute Gasteiger partial charge is 0.253 e. The minimum absolute atomic E-state index is 0.0175. The summed E-state index contributed by atoms with van der Waals surface area (Å²) in [5, 5.41) is 8.41. The minimum atomic E-state index is -0.0175. The van der Waals surface area contributed by atoms with E-state index in [4.69, 9.17) is 4.42 Å². The fourth-order valence-corrected chi connectivity index (χ4v) is 4.65. The zero-order valence-corrected chi connectivity index (χ0v) is 20.3. The first kappa shape index (κ1) is 22.8. The molecule has 0 radical (unpaired) electrons. The summed E-state index contributed by atoms with van der Waals surface area (Å²) in [5.74, 6) is 0.910. The lowest BCUT2D eigenvalue weighted by Gasteiger charge is -2.31. The number of carbonyl (C=O) groups is 1. The second-order valence-electron chi connectivity index (χ2n) is 9.14. The molecule has 0 saturated carbocycles. The van der Waals surface area contributed by atoms with E-state index in [0.29, 0.717) is 23.9 Å². The summed E-state index contributed by atoms with van der Waals surface area (Å²) in [5.41, 5.74) is 5.83. The molecule has 4 aromatic rings. The van der Waals surface area contributed by atoms with Crippen molar-refractivity contribution in [3.63, 3.8) is 0 Å². The van der Waals surface area contributed by atoms with Gasteiger partial charge in [0, 0.05) is 49.1 Å². The molecule has 0 N–H and O–H groups in total. The van der Waals surface area contributed by atoms with Gasteiger partial charge >= 0.3 is 0 Å². The highest BCUT2D eigenvalue weighted by atomic mass is 16.4. The van der Waals surface area contributed by atoms with Crippen molar-refractivity contribution in [2.75, 3.05) is 25.0 Å². The standard InChI is InChI=1S/C29H30N4O2/c1-21-10-4-6-12-25(21)28-31-30-27(35-28)22-14-16-23(17-15-22)29(34)32(2)20-24-11-5-7-13-26(24)33-18-8-3-9-19-33/h4-7,10-17H,3,8-9,18-20H2,1-2H3. The monoisotopic (exact) mass is 466 g/mol. The average Bonchev–Trinajstić information content (AvgIpc) is 3.39. The molecule has 0 atom stereocenters. The third-order valence-corrected chi connectivity index (χ3v) is 6.62. The summed E-state index contributed by atoms with van der Waals surface area (Å²) in [7, 11) is 1.86. The topological polar surface area (TPSA) is 62.5 Å². The van der Waals surface area contributed by atoms with Gasteiger partial charge in [-0.05, 0) is 73.7 Å². The lowest BCUT2D eigenvalue weighted by molar-refractivity contribution is 0.0785. The Balaban J connectivity index is 1.29. The molecule has 2 heterocycles. The number of amides is 1. The third-order valence-electron chi connectivity index (χ3n) is 6.62. The number of hydrogen-bond acceptors (Lipinski definition) is 5. The molecule has 1 aliphatic rings. The van der Waals surface area contributed by atoms with Crippen molar-refractivity contribution >= 4 is 11.6 Å². The summed E-state index contributed by atoms with van der Waals surface area (Å²) >= 11 is 0. The summed E-state index contributed by atoms with van der Waals surface area (Å²) in [6, 6.07) is 23.7. The van der Waals surface area contributed by atoms with Crippen LogP contribution in [-0.2, 0) is 6.54 Å². The molecular weight excluding hydrogens is 436 g/mol. The summed E-state index contributed by atoms with van der Waals surface area (Å²) in [6.45, 7) is 4.74. The molecule has 1 amide bonds. The van der Waals surface area contributed by atoms with Gasteiger partial charge in [-0.2, -0.15) is 0 Å². The molecule has 1 fully saturated rings. The molecule has 6 nitrogen and oxygen atoms in total. The van der Waals surface area contributed by atoms with Crippen LogP contribution in [0.15, 0.2) is 77.2 Å². The van der Waals surface area contributed by atoms with E-state index >= 15 is 0 Å². The van der Waals surface area contributed by atoms with Gasteiger partial charge in [0.2, 0.25) is 11.8 Å². The van der Waals surface area contributed by atoms with Crippen LogP contribution in [0.5, 0.6) is 0 Å². The first-order chi connectivity index (χ1) is 17.1. The number of hydrogen-bond donors (Lipinski definition) is 0. The quantitative estimate of drug-likeness (QED) is 0.350. The summed E-state index contributed by atoms with van der Waals surface area (Å²) in [4.78, 5) is 17.4. The lowest BCUT2D eigenvalue weighted by Crippen LogP contribution is -2.32. The first-order valence-electron chi connectivity index (χ1n) is 12.2. The van der Waals surface area contributed by atoms with Gasteiger partial charge in [0.1, 0.15) is 0 Å². The number of para-hydroxylation sites is 1. The van der Waals surface area contributed by atoms with Gasteiger partial charge in [-0.15, -0.1) is 10.2 Å². The Labute approximate surface area is 206 Å². The van der Waals surface area contributed by atoms with E-state index in [1.54, 1.807) is 4.90 Å². The Morgan fingerprint density at radius 3 is 2.34 bits per heavy atom. The molecule has 178 valence electrons. The van der Waals surface area contributed by atoms with Crippen LogP contribution in [0.1, 0.15) is 40.7 Å². The largest absolute Gasteiger partial charge is 0.416 e. The van der Waals surface area contributed by atoms with Crippen LogP contribution in [-0.4, -0.2) is 41.1 Å². The van der Waals surface area contributed by atoms with E-state index < -0.39 is 0 Å². The summed E-state index contributed by atoms with van der Waals surface area (Å²) in [6.07, 6.45) is 3.74. The van der Waals surface area contributed by atoms with Gasteiger partial charge in [-0.3, -0.25) is 4.79 Å². The maximum Gasteiger partial charge on any atom is 0.253 e. The number of rotatable bonds is 6. The fourth-order valence-electron chi connectivity index (χ4n) is 4.65. The number of benzene rings is 3. The molecular formula is C29H30N4O2. The van der Waals surface area contributed by atoms with Crippen LogP contribution in [0.25, 0.3) is 22.9 Å². The molecule has 0 spiro atoms. The van der Waals surface area contributed by atoms with E-state index in [0.717, 1.165) is 29.8 Å². The predicted molar refractivity (Wildman–Crippen MR) is 138 cm³/mol. The molecule has 6 heteroatoms. The molecule has 5 rings (SSSR count). The van der Waals surface area contributed by atoms with Crippen molar-refractivity contribution in [3.8, 4) is 22.9 Å². The Morgan fingerprint density at radius 2 is 1.57 bits per heavy atom. The van der Waals surface area contributed by atoms with Crippen molar-refractivity contribution < 1.29 is 9.21 Å². The second kappa shape index (κ2) is 10.1. The maximum atomic E-state index is 13.2. The van der Waals surface area contributed by atoms with Crippen LogP contribution >= 0.6 is 0 Å². The van der Waals surface area contributed by atoms with E-state index in [1.165, 1.54) is 30.5 Å². The van der Waals surface area contributed by atoms with Gasteiger partial charge < -0.3 is 14.2 Å². The number of nitrogens with zero attached hydrogens (tertiary/aromatic N) is 4. The van der Waals surface area contributed by atoms with Gasteiger partial charge in [0.25, 0.3) is 5.91 Å². The SMILES string of the molecule is Cc1ccccc1-c1nnc(-c2ccc(C(=O)N(C)Cc3ccccc3N3CCCCC3)cc2)o1. The fraction of sp³-hybridized carbons (Fsp3) is 0.276.